The van der Waals surface area contributed by atoms with Crippen LogP contribution in [0.25, 0.3) is 0 Å². The van der Waals surface area contributed by atoms with Gasteiger partial charge in [-0.15, -0.1) is 0 Å². The zero-order chi connectivity index (χ0) is 10.7. The minimum atomic E-state index is -1.29. The maximum atomic E-state index is 11.6. The summed E-state index contributed by atoms with van der Waals surface area (Å²) < 4.78 is 22.1. The lowest BCUT2D eigenvalue weighted by Crippen LogP contribution is -2.31. The molecule has 0 aromatic carbocycles. The highest BCUT2D eigenvalue weighted by Gasteiger charge is 2.28. The molecule has 4 nitrogen and oxygen atoms in total. The third-order valence-corrected chi connectivity index (χ3v) is 3.42. The van der Waals surface area contributed by atoms with Crippen LogP contribution in [0.2, 0.25) is 0 Å². The number of allylic oxidation sites excluding steroid dienone is 2. The van der Waals surface area contributed by atoms with E-state index in [1.807, 2.05) is 6.92 Å². The van der Waals surface area contributed by atoms with Crippen molar-refractivity contribution < 1.29 is 18.5 Å². The van der Waals surface area contributed by atoms with E-state index in [0.29, 0.717) is 12.4 Å². The second-order valence-electron chi connectivity index (χ2n) is 2.96. The van der Waals surface area contributed by atoms with Crippen molar-refractivity contribution in [2.24, 2.45) is 0 Å². The van der Waals surface area contributed by atoms with Crippen molar-refractivity contribution in [3.63, 3.8) is 0 Å². The summed E-state index contributed by atoms with van der Waals surface area (Å²) in [6, 6.07) is 0. The number of hydrogen-bond acceptors (Lipinski definition) is 4. The van der Waals surface area contributed by atoms with E-state index in [2.05, 4.69) is 0 Å². The molecule has 1 heterocycles. The van der Waals surface area contributed by atoms with Gasteiger partial charge in [-0.25, -0.2) is 0 Å². The zero-order valence-corrected chi connectivity index (χ0v) is 9.35. The van der Waals surface area contributed by atoms with Gasteiger partial charge in [0.1, 0.15) is 10.7 Å². The Morgan fingerprint density at radius 1 is 1.71 bits per heavy atom. The molecule has 1 aliphatic rings. The lowest BCUT2D eigenvalue weighted by molar-refractivity contribution is -0.115. The first-order chi connectivity index (χ1) is 6.56. The van der Waals surface area contributed by atoms with Crippen molar-refractivity contribution >= 4 is 16.6 Å². The number of ketones is 1. The summed E-state index contributed by atoms with van der Waals surface area (Å²) in [7, 11) is -1.29. The normalized spacial score (nSPS) is 27.4. The van der Waals surface area contributed by atoms with Gasteiger partial charge in [-0.3, -0.25) is 9.00 Å². The Labute approximate surface area is 85.7 Å². The van der Waals surface area contributed by atoms with Crippen molar-refractivity contribution in [3.05, 3.63) is 10.7 Å². The zero-order valence-electron chi connectivity index (χ0n) is 8.53. The van der Waals surface area contributed by atoms with Crippen molar-refractivity contribution in [3.8, 4) is 0 Å². The standard InChI is InChI=1S/C9H14O4S/c1-4-12-8-5-14(11)9(6(2)10)7(3)13-8/h8H,4-5H2,1-3H3/t8-,14-/m0/s1. The molecule has 0 spiro atoms. The molecule has 0 aliphatic carbocycles. The second-order valence-corrected chi connectivity index (χ2v) is 4.39. The average molecular weight is 218 g/mol. The Hall–Kier alpha value is -0.680. The number of ether oxygens (including phenoxy) is 2. The first kappa shape index (κ1) is 11.4. The molecule has 0 radical (unpaired) electrons. The highest BCUT2D eigenvalue weighted by Crippen LogP contribution is 2.21. The Kier molecular flexibility index (Phi) is 3.83. The smallest absolute Gasteiger partial charge is 0.211 e. The summed E-state index contributed by atoms with van der Waals surface area (Å²) in [6.45, 7) is 5.37. The van der Waals surface area contributed by atoms with Gasteiger partial charge < -0.3 is 9.47 Å². The molecule has 0 saturated carbocycles. The SMILES string of the molecule is CCO[C@@H]1C[S@](=O)C(C(C)=O)=C(C)O1. The molecule has 0 N–H and O–H groups in total. The van der Waals surface area contributed by atoms with Gasteiger partial charge in [0.15, 0.2) is 5.78 Å². The number of Topliss-reactive ketones (excluding diaryl/α,β-unsaturated/α-hetero) is 1. The fourth-order valence-electron chi connectivity index (χ4n) is 1.33. The van der Waals surface area contributed by atoms with Gasteiger partial charge in [-0.2, -0.15) is 0 Å². The maximum absolute atomic E-state index is 11.6. The van der Waals surface area contributed by atoms with Crippen LogP contribution in [0, 0.1) is 0 Å². The molecule has 14 heavy (non-hydrogen) atoms. The number of hydrogen-bond donors (Lipinski definition) is 0. The van der Waals surface area contributed by atoms with Crippen LogP contribution in [0.3, 0.4) is 0 Å². The number of carbonyl (C=O) groups is 1. The molecule has 0 fully saturated rings. The quantitative estimate of drug-likeness (QED) is 0.707. The van der Waals surface area contributed by atoms with E-state index in [9.17, 15) is 9.00 Å². The Bertz CT molecular complexity index is 295. The Morgan fingerprint density at radius 3 is 2.79 bits per heavy atom. The lowest BCUT2D eigenvalue weighted by Gasteiger charge is -2.24. The predicted octanol–water partition coefficient (Wildman–Crippen LogP) is 0.948. The molecule has 80 valence electrons. The summed E-state index contributed by atoms with van der Waals surface area (Å²) >= 11 is 0. The van der Waals surface area contributed by atoms with Crippen LogP contribution in [0.4, 0.5) is 0 Å². The molecule has 0 bridgehead atoms. The molecule has 0 saturated heterocycles. The van der Waals surface area contributed by atoms with Crippen LogP contribution in [0.5, 0.6) is 0 Å². The summed E-state index contributed by atoms with van der Waals surface area (Å²) in [4.78, 5) is 11.4. The van der Waals surface area contributed by atoms with E-state index in [1.54, 1.807) is 6.92 Å². The highest BCUT2D eigenvalue weighted by atomic mass is 32.2. The van der Waals surface area contributed by atoms with Gasteiger partial charge in [0.05, 0.1) is 16.6 Å². The van der Waals surface area contributed by atoms with E-state index >= 15 is 0 Å². The first-order valence-electron chi connectivity index (χ1n) is 4.44. The van der Waals surface area contributed by atoms with Gasteiger partial charge in [0.2, 0.25) is 6.29 Å². The van der Waals surface area contributed by atoms with Gasteiger partial charge in [0.25, 0.3) is 0 Å². The first-order valence-corrected chi connectivity index (χ1v) is 5.76. The van der Waals surface area contributed by atoms with Gasteiger partial charge in [-0.1, -0.05) is 0 Å². The summed E-state index contributed by atoms with van der Waals surface area (Å²) in [5.41, 5.74) is 0. The topological polar surface area (TPSA) is 52.6 Å². The minimum Gasteiger partial charge on any atom is -0.467 e. The van der Waals surface area contributed by atoms with Crippen LogP contribution < -0.4 is 0 Å². The highest BCUT2D eigenvalue weighted by molar-refractivity contribution is 7.90. The van der Waals surface area contributed by atoms with E-state index in [-0.39, 0.29) is 16.4 Å². The van der Waals surface area contributed by atoms with Crippen LogP contribution in [0.15, 0.2) is 10.7 Å². The fourth-order valence-corrected chi connectivity index (χ4v) is 2.60. The van der Waals surface area contributed by atoms with Crippen LogP contribution >= 0.6 is 0 Å². The van der Waals surface area contributed by atoms with Crippen molar-refractivity contribution in [1.29, 1.82) is 0 Å². The predicted molar refractivity (Wildman–Crippen MR) is 52.9 cm³/mol. The van der Waals surface area contributed by atoms with Crippen LogP contribution in [0.1, 0.15) is 20.8 Å². The molecule has 0 aromatic rings. The third-order valence-electron chi connectivity index (χ3n) is 1.82. The van der Waals surface area contributed by atoms with E-state index in [0.717, 1.165) is 0 Å². The fraction of sp³-hybridized carbons (Fsp3) is 0.667. The summed E-state index contributed by atoms with van der Waals surface area (Å²) in [5.74, 6) is 0.455. The number of rotatable bonds is 3. The van der Waals surface area contributed by atoms with Crippen LogP contribution in [-0.2, 0) is 25.1 Å². The molecule has 2 atom stereocenters. The van der Waals surface area contributed by atoms with Gasteiger partial charge in [0, 0.05) is 6.61 Å². The third kappa shape index (κ3) is 2.42. The second kappa shape index (κ2) is 4.70. The van der Waals surface area contributed by atoms with E-state index in [4.69, 9.17) is 9.47 Å². The lowest BCUT2D eigenvalue weighted by atomic mass is 10.3. The largest absolute Gasteiger partial charge is 0.467 e. The average Bonchev–Trinajstić information content (AvgIpc) is 2.01. The maximum Gasteiger partial charge on any atom is 0.211 e. The Balaban J connectivity index is 2.83. The molecular formula is C9H14O4S. The van der Waals surface area contributed by atoms with Crippen molar-refractivity contribution in [2.75, 3.05) is 12.4 Å². The van der Waals surface area contributed by atoms with Gasteiger partial charge >= 0.3 is 0 Å². The monoisotopic (exact) mass is 218 g/mol. The van der Waals surface area contributed by atoms with E-state index < -0.39 is 17.1 Å². The molecule has 1 rings (SSSR count). The van der Waals surface area contributed by atoms with Crippen molar-refractivity contribution in [1.82, 2.24) is 0 Å². The molecule has 1 aliphatic heterocycles. The Morgan fingerprint density at radius 2 is 2.36 bits per heavy atom. The molecular weight excluding hydrogens is 204 g/mol. The molecule has 0 aromatic heterocycles. The van der Waals surface area contributed by atoms with E-state index in [1.165, 1.54) is 6.92 Å². The molecule has 0 amide bonds. The molecule has 5 heteroatoms. The number of carbonyl (C=O) groups excluding carboxylic acids is 1. The summed E-state index contributed by atoms with van der Waals surface area (Å²) in [6.07, 6.45) is -0.482. The minimum absolute atomic E-state index is 0.198. The van der Waals surface area contributed by atoms with Gasteiger partial charge in [-0.05, 0) is 20.8 Å². The van der Waals surface area contributed by atoms with Crippen LogP contribution in [-0.4, -0.2) is 28.6 Å². The summed E-state index contributed by atoms with van der Waals surface area (Å²) in [5, 5.41) is 0. The molecule has 0 unspecified atom stereocenters. The van der Waals surface area contributed by atoms with Crippen molar-refractivity contribution in [2.45, 2.75) is 27.1 Å².